The maximum atomic E-state index is 10.8. The van der Waals surface area contributed by atoms with Crippen molar-refractivity contribution in [3.05, 3.63) is 0 Å². The molecule has 4 heteroatoms. The average molecular weight is 172 g/mol. The van der Waals surface area contributed by atoms with Gasteiger partial charge in [0.15, 0.2) is 0 Å². The predicted molar refractivity (Wildman–Crippen MR) is 46.0 cm³/mol. The molecule has 0 saturated heterocycles. The molecule has 0 rings (SSSR count). The Morgan fingerprint density at radius 3 is 2.00 bits per heavy atom. The van der Waals surface area contributed by atoms with Crippen LogP contribution in [0.4, 0.5) is 0 Å². The van der Waals surface area contributed by atoms with Gasteiger partial charge in [0.2, 0.25) is 11.8 Å². The van der Waals surface area contributed by atoms with Crippen LogP contribution in [0.25, 0.3) is 0 Å². The summed E-state index contributed by atoms with van der Waals surface area (Å²) in [6, 6.07) is 0. The lowest BCUT2D eigenvalue weighted by molar-refractivity contribution is -0.128. The van der Waals surface area contributed by atoms with E-state index in [1.165, 1.54) is 0 Å². The molecule has 70 valence electrons. The van der Waals surface area contributed by atoms with Gasteiger partial charge in [0.05, 0.1) is 0 Å². The molecule has 0 spiro atoms. The van der Waals surface area contributed by atoms with Crippen LogP contribution in [0.3, 0.4) is 0 Å². The van der Waals surface area contributed by atoms with Crippen molar-refractivity contribution < 1.29 is 9.59 Å². The van der Waals surface area contributed by atoms with Crippen molar-refractivity contribution in [2.75, 3.05) is 0 Å². The van der Waals surface area contributed by atoms with Crippen LogP contribution in [0.1, 0.15) is 27.2 Å². The Bertz CT molecular complexity index is 199. The van der Waals surface area contributed by atoms with Gasteiger partial charge in [-0.3, -0.25) is 9.59 Å². The van der Waals surface area contributed by atoms with Crippen LogP contribution in [0.2, 0.25) is 0 Å². The Morgan fingerprint density at radius 2 is 1.75 bits per heavy atom. The lowest BCUT2D eigenvalue weighted by Gasteiger charge is -2.22. The number of hydrogen-bond donors (Lipinski definition) is 2. The zero-order valence-electron chi connectivity index (χ0n) is 7.76. The molecule has 4 nitrogen and oxygen atoms in total. The van der Waals surface area contributed by atoms with Gasteiger partial charge in [0.25, 0.3) is 0 Å². The summed E-state index contributed by atoms with van der Waals surface area (Å²) >= 11 is 0. The molecule has 0 aromatic carbocycles. The van der Waals surface area contributed by atoms with Gasteiger partial charge in [-0.25, -0.2) is 0 Å². The fourth-order valence-electron chi connectivity index (χ4n) is 0.967. The zero-order valence-corrected chi connectivity index (χ0v) is 7.76. The highest BCUT2D eigenvalue weighted by atomic mass is 16.1. The monoisotopic (exact) mass is 172 g/mol. The van der Waals surface area contributed by atoms with Crippen molar-refractivity contribution in [2.45, 2.75) is 27.2 Å². The van der Waals surface area contributed by atoms with Crippen molar-refractivity contribution in [2.24, 2.45) is 22.8 Å². The summed E-state index contributed by atoms with van der Waals surface area (Å²) in [6.45, 7) is 5.09. The van der Waals surface area contributed by atoms with Gasteiger partial charge in [-0.15, -0.1) is 0 Å². The van der Waals surface area contributed by atoms with Crippen LogP contribution in [-0.2, 0) is 9.59 Å². The minimum atomic E-state index is -0.658. The third-order valence-electron chi connectivity index (χ3n) is 1.97. The lowest BCUT2D eigenvalue weighted by atomic mass is 9.82. The summed E-state index contributed by atoms with van der Waals surface area (Å²) in [4.78, 5) is 21.5. The van der Waals surface area contributed by atoms with Gasteiger partial charge < -0.3 is 11.5 Å². The number of nitrogens with two attached hydrogens (primary N) is 2. The van der Waals surface area contributed by atoms with Gasteiger partial charge in [0.1, 0.15) is 0 Å². The minimum Gasteiger partial charge on any atom is -0.369 e. The van der Waals surface area contributed by atoms with Crippen LogP contribution in [0.5, 0.6) is 0 Å². The number of rotatable bonds is 4. The van der Waals surface area contributed by atoms with E-state index in [-0.39, 0.29) is 5.92 Å². The van der Waals surface area contributed by atoms with E-state index in [0.717, 1.165) is 0 Å². The summed E-state index contributed by atoms with van der Waals surface area (Å²) in [5, 5.41) is 0. The first-order valence-corrected chi connectivity index (χ1v) is 3.86. The summed E-state index contributed by atoms with van der Waals surface area (Å²) in [7, 11) is 0. The number of carbonyl (C=O) groups is 2. The van der Waals surface area contributed by atoms with Crippen LogP contribution >= 0.6 is 0 Å². The normalized spacial score (nSPS) is 13.9. The van der Waals surface area contributed by atoms with Gasteiger partial charge in [-0.05, 0) is 6.42 Å². The van der Waals surface area contributed by atoms with Gasteiger partial charge in [0, 0.05) is 11.3 Å². The molecule has 0 fully saturated rings. The number of primary amides is 2. The highest BCUT2D eigenvalue weighted by Gasteiger charge is 2.28. The minimum absolute atomic E-state index is 0.313. The Balaban J connectivity index is 4.24. The Morgan fingerprint density at radius 1 is 1.33 bits per heavy atom. The number of amides is 2. The Kier molecular flexibility index (Phi) is 3.24. The molecular weight excluding hydrogens is 156 g/mol. The van der Waals surface area contributed by atoms with Crippen LogP contribution in [0, 0.1) is 11.3 Å². The first-order valence-electron chi connectivity index (χ1n) is 3.86. The van der Waals surface area contributed by atoms with Crippen molar-refractivity contribution in [1.82, 2.24) is 0 Å². The molecule has 1 unspecified atom stereocenters. The van der Waals surface area contributed by atoms with Crippen molar-refractivity contribution in [1.29, 1.82) is 0 Å². The van der Waals surface area contributed by atoms with Gasteiger partial charge in [-0.2, -0.15) is 0 Å². The summed E-state index contributed by atoms with van der Waals surface area (Å²) < 4.78 is 0. The van der Waals surface area contributed by atoms with Gasteiger partial charge in [-0.1, -0.05) is 20.8 Å². The second kappa shape index (κ2) is 3.56. The second-order valence-electron chi connectivity index (χ2n) is 3.76. The second-order valence-corrected chi connectivity index (χ2v) is 3.76. The topological polar surface area (TPSA) is 86.2 Å². The zero-order chi connectivity index (χ0) is 9.94. The third-order valence-corrected chi connectivity index (χ3v) is 1.97. The SMILES string of the molecule is CC(CC(C)(C)C(N)=O)C(N)=O. The molecule has 12 heavy (non-hydrogen) atoms. The first kappa shape index (κ1) is 10.9. The fraction of sp³-hybridized carbons (Fsp3) is 0.750. The van der Waals surface area contributed by atoms with E-state index < -0.39 is 17.2 Å². The van der Waals surface area contributed by atoms with Crippen LogP contribution in [0.15, 0.2) is 0 Å². The molecule has 0 aliphatic carbocycles. The van der Waals surface area contributed by atoms with Crippen LogP contribution < -0.4 is 11.5 Å². The summed E-state index contributed by atoms with van der Waals surface area (Å²) in [5.74, 6) is -1.12. The van der Waals surface area contributed by atoms with Crippen molar-refractivity contribution in [3.8, 4) is 0 Å². The molecular formula is C8H16N2O2. The van der Waals surface area contributed by atoms with E-state index in [0.29, 0.717) is 6.42 Å². The van der Waals surface area contributed by atoms with Crippen LogP contribution in [-0.4, -0.2) is 11.8 Å². The van der Waals surface area contributed by atoms with E-state index in [2.05, 4.69) is 0 Å². The maximum absolute atomic E-state index is 10.8. The van der Waals surface area contributed by atoms with E-state index in [4.69, 9.17) is 11.5 Å². The molecule has 0 aliphatic rings. The number of carbonyl (C=O) groups excluding carboxylic acids is 2. The third kappa shape index (κ3) is 2.90. The highest BCUT2D eigenvalue weighted by molar-refractivity contribution is 5.82. The molecule has 0 bridgehead atoms. The standard InChI is InChI=1S/C8H16N2O2/c1-5(6(9)11)4-8(2,3)7(10)12/h5H,4H2,1-3H3,(H2,9,11)(H2,10,12). The maximum Gasteiger partial charge on any atom is 0.223 e. The van der Waals surface area contributed by atoms with Crippen molar-refractivity contribution in [3.63, 3.8) is 0 Å². The smallest absolute Gasteiger partial charge is 0.223 e. The summed E-state index contributed by atoms with van der Waals surface area (Å²) in [6.07, 6.45) is 0.400. The Labute approximate surface area is 72.3 Å². The molecule has 0 saturated carbocycles. The summed E-state index contributed by atoms with van der Waals surface area (Å²) in [5.41, 5.74) is 9.52. The largest absolute Gasteiger partial charge is 0.369 e. The molecule has 0 aromatic heterocycles. The molecule has 0 aromatic rings. The Hall–Kier alpha value is -1.06. The van der Waals surface area contributed by atoms with Crippen molar-refractivity contribution >= 4 is 11.8 Å². The first-order chi connectivity index (χ1) is 5.27. The highest BCUT2D eigenvalue weighted by Crippen LogP contribution is 2.24. The molecule has 0 aliphatic heterocycles. The molecule has 4 N–H and O–H groups in total. The average Bonchev–Trinajstić information content (AvgIpc) is 1.85. The molecule has 0 heterocycles. The lowest BCUT2D eigenvalue weighted by Crippen LogP contribution is -2.35. The molecule has 2 amide bonds. The molecule has 1 atom stereocenters. The predicted octanol–water partition coefficient (Wildman–Crippen LogP) is 0.00940. The van der Waals surface area contributed by atoms with E-state index in [1.807, 2.05) is 0 Å². The molecule has 0 radical (unpaired) electrons. The van der Waals surface area contributed by atoms with E-state index in [9.17, 15) is 9.59 Å². The van der Waals surface area contributed by atoms with Gasteiger partial charge >= 0.3 is 0 Å². The fourth-order valence-corrected chi connectivity index (χ4v) is 0.967. The van der Waals surface area contributed by atoms with E-state index in [1.54, 1.807) is 20.8 Å². The van der Waals surface area contributed by atoms with E-state index >= 15 is 0 Å². The number of hydrogen-bond acceptors (Lipinski definition) is 2. The quantitative estimate of drug-likeness (QED) is 0.625.